The van der Waals surface area contributed by atoms with Crippen LogP contribution >= 0.6 is 0 Å². The van der Waals surface area contributed by atoms with Crippen molar-refractivity contribution in [2.45, 2.75) is 128 Å². The number of hydrogen-bond acceptors (Lipinski definition) is 11. The van der Waals surface area contributed by atoms with Crippen LogP contribution in [-0.4, -0.2) is 122 Å². The molecule has 0 heterocycles. The molecule has 6 atom stereocenters. The summed E-state index contributed by atoms with van der Waals surface area (Å²) in [6, 6.07) is 7.69. The van der Waals surface area contributed by atoms with Crippen molar-refractivity contribution in [3.05, 3.63) is 47.0 Å². The van der Waals surface area contributed by atoms with Gasteiger partial charge in [0.25, 0.3) is 0 Å². The number of aliphatic carboxylic acids is 1. The molecule has 0 saturated heterocycles. The Morgan fingerprint density at radius 1 is 0.904 bits per heavy atom. The minimum atomic E-state index is -2.29. The average molecular weight is 759 g/mol. The molecule has 1 aromatic rings. The Morgan fingerprint density at radius 2 is 1.56 bits per heavy atom. The first-order chi connectivity index (χ1) is 24.3. The van der Waals surface area contributed by atoms with E-state index in [0.717, 1.165) is 23.1 Å². The van der Waals surface area contributed by atoms with Crippen LogP contribution < -0.4 is 0 Å². The second-order valence-corrected chi connectivity index (χ2v) is 20.3. The zero-order chi connectivity index (χ0) is 39.5. The molecule has 3 N–H and O–H groups in total. The van der Waals surface area contributed by atoms with Crippen molar-refractivity contribution in [3.8, 4) is 0 Å². The van der Waals surface area contributed by atoms with Crippen LogP contribution in [0, 0.1) is 5.92 Å². The molecule has 0 aliphatic heterocycles. The van der Waals surface area contributed by atoms with Gasteiger partial charge >= 0.3 is 5.97 Å². The van der Waals surface area contributed by atoms with Crippen molar-refractivity contribution in [3.63, 3.8) is 0 Å². The number of hydrogen-bond donors (Lipinski definition) is 3. The standard InChI is InChI=1S/C39H70O12Si/c1-13-29(24-48-27-47-18-17-44-8)19-28(2)33(40)22-32(51-52(11,12)38(3,4)5)23-35(41)39(6,7)31-16-14-15-30(20-31)21-34(49-25-45-9)36(37(42)43)50-26-46-10/h14-16,19-20,29,32-36,40-41H,13,17-18,21-27H2,1-12H3,(H,42,43). The third-order valence-corrected chi connectivity index (χ3v) is 14.5. The number of rotatable bonds is 28. The van der Waals surface area contributed by atoms with E-state index in [2.05, 4.69) is 46.9 Å². The Labute approximate surface area is 314 Å². The van der Waals surface area contributed by atoms with Gasteiger partial charge in [-0.05, 0) is 54.6 Å². The van der Waals surface area contributed by atoms with Gasteiger partial charge in [-0.1, -0.05) is 71.9 Å². The van der Waals surface area contributed by atoms with Gasteiger partial charge in [-0.2, -0.15) is 0 Å². The van der Waals surface area contributed by atoms with Crippen LogP contribution in [0.1, 0.15) is 78.9 Å². The molecule has 6 unspecified atom stereocenters. The quantitative estimate of drug-likeness (QED) is 0.0394. The summed E-state index contributed by atoms with van der Waals surface area (Å²) in [5.74, 6) is -1.07. The predicted octanol–water partition coefficient (Wildman–Crippen LogP) is 6.07. The van der Waals surface area contributed by atoms with Gasteiger partial charge in [0.1, 0.15) is 26.5 Å². The second kappa shape index (κ2) is 23.9. The smallest absolute Gasteiger partial charge is 0.335 e. The fourth-order valence-electron chi connectivity index (χ4n) is 5.40. The lowest BCUT2D eigenvalue weighted by atomic mass is 9.76. The zero-order valence-corrected chi connectivity index (χ0v) is 34.9. The monoisotopic (exact) mass is 758 g/mol. The van der Waals surface area contributed by atoms with Crippen molar-refractivity contribution in [1.29, 1.82) is 0 Å². The van der Waals surface area contributed by atoms with E-state index in [4.69, 9.17) is 37.6 Å². The molecule has 0 aliphatic carbocycles. The van der Waals surface area contributed by atoms with Gasteiger partial charge in [0, 0.05) is 45.5 Å². The van der Waals surface area contributed by atoms with Crippen molar-refractivity contribution in [2.24, 2.45) is 5.92 Å². The molecule has 0 aromatic heterocycles. The van der Waals surface area contributed by atoms with Crippen LogP contribution in [0.3, 0.4) is 0 Å². The first-order valence-electron chi connectivity index (χ1n) is 18.2. The third-order valence-electron chi connectivity index (χ3n) is 10.0. The summed E-state index contributed by atoms with van der Waals surface area (Å²) in [6.45, 7) is 20.2. The highest BCUT2D eigenvalue weighted by Gasteiger charge is 2.41. The Kier molecular flexibility index (Phi) is 22.2. The highest BCUT2D eigenvalue weighted by Crippen LogP contribution is 2.40. The fourth-order valence-corrected chi connectivity index (χ4v) is 6.78. The molecule has 0 aliphatic rings. The van der Waals surface area contributed by atoms with E-state index in [1.165, 1.54) is 14.2 Å². The molecule has 0 saturated carbocycles. The summed E-state index contributed by atoms with van der Waals surface area (Å²) in [6.07, 6.45) is -0.392. The molecule has 302 valence electrons. The van der Waals surface area contributed by atoms with Crippen LogP contribution in [0.5, 0.6) is 0 Å². The fraction of sp³-hybridized carbons (Fsp3) is 0.769. The molecule has 1 rings (SSSR count). The molecular weight excluding hydrogens is 689 g/mol. The van der Waals surface area contributed by atoms with Crippen LogP contribution in [0.2, 0.25) is 18.1 Å². The zero-order valence-electron chi connectivity index (χ0n) is 33.9. The van der Waals surface area contributed by atoms with Gasteiger partial charge in [-0.3, -0.25) is 0 Å². The molecule has 13 heteroatoms. The third kappa shape index (κ3) is 16.7. The van der Waals surface area contributed by atoms with Gasteiger partial charge < -0.3 is 52.9 Å². The van der Waals surface area contributed by atoms with Gasteiger partial charge in [0.15, 0.2) is 14.4 Å². The van der Waals surface area contributed by atoms with Crippen molar-refractivity contribution >= 4 is 14.3 Å². The number of carbonyl (C=O) groups is 1. The van der Waals surface area contributed by atoms with E-state index in [9.17, 15) is 20.1 Å². The lowest BCUT2D eigenvalue weighted by Crippen LogP contribution is -2.47. The van der Waals surface area contributed by atoms with Crippen molar-refractivity contribution in [2.75, 3.05) is 61.5 Å². The number of ether oxygens (including phenoxy) is 7. The average Bonchev–Trinajstić information content (AvgIpc) is 3.07. The molecule has 12 nitrogen and oxygen atoms in total. The summed E-state index contributed by atoms with van der Waals surface area (Å²) in [5, 5.41) is 33.2. The molecule has 0 fully saturated rings. The number of carboxylic acid groups (broad SMARTS) is 1. The molecule has 0 amide bonds. The number of methoxy groups -OCH3 is 3. The summed E-state index contributed by atoms with van der Waals surface area (Å²) < 4.78 is 44.2. The maximum Gasteiger partial charge on any atom is 0.335 e. The van der Waals surface area contributed by atoms with E-state index in [1.807, 2.05) is 45.0 Å². The molecule has 0 spiro atoms. The van der Waals surface area contributed by atoms with E-state index in [0.29, 0.717) is 32.7 Å². The Morgan fingerprint density at radius 3 is 2.13 bits per heavy atom. The number of carboxylic acids is 1. The number of aliphatic hydroxyl groups is 2. The molecule has 52 heavy (non-hydrogen) atoms. The van der Waals surface area contributed by atoms with Crippen molar-refractivity contribution in [1.82, 2.24) is 0 Å². The molecular formula is C39H70O12Si. The van der Waals surface area contributed by atoms with Crippen LogP contribution in [0.25, 0.3) is 0 Å². The largest absolute Gasteiger partial charge is 0.479 e. The summed E-state index contributed by atoms with van der Waals surface area (Å²) in [4.78, 5) is 12.1. The van der Waals surface area contributed by atoms with E-state index < -0.39 is 50.2 Å². The van der Waals surface area contributed by atoms with Crippen LogP contribution in [-0.2, 0) is 54.2 Å². The van der Waals surface area contributed by atoms with Gasteiger partial charge in [0.05, 0.1) is 38.1 Å². The Balaban J connectivity index is 3.26. The number of aliphatic hydroxyl groups excluding tert-OH is 2. The van der Waals surface area contributed by atoms with Gasteiger partial charge in [-0.15, -0.1) is 0 Å². The maximum atomic E-state index is 12.1. The molecule has 0 radical (unpaired) electrons. The van der Waals surface area contributed by atoms with E-state index in [1.54, 1.807) is 7.11 Å². The predicted molar refractivity (Wildman–Crippen MR) is 204 cm³/mol. The van der Waals surface area contributed by atoms with Crippen LogP contribution in [0.15, 0.2) is 35.9 Å². The maximum absolute atomic E-state index is 12.1. The minimum absolute atomic E-state index is 0.0753. The summed E-state index contributed by atoms with van der Waals surface area (Å²) in [7, 11) is 2.22. The van der Waals surface area contributed by atoms with Crippen LogP contribution in [0.4, 0.5) is 0 Å². The number of benzene rings is 1. The topological polar surface area (TPSA) is 152 Å². The van der Waals surface area contributed by atoms with Gasteiger partial charge in [-0.25, -0.2) is 4.79 Å². The highest BCUT2D eigenvalue weighted by molar-refractivity contribution is 6.74. The van der Waals surface area contributed by atoms with E-state index >= 15 is 0 Å². The second-order valence-electron chi connectivity index (χ2n) is 15.5. The normalized spacial score (nSPS) is 16.7. The van der Waals surface area contributed by atoms with Crippen molar-refractivity contribution < 1.29 is 57.7 Å². The molecule has 0 bridgehead atoms. The SMILES string of the molecule is CCC(C=C(C)C(O)CC(CC(O)C(C)(C)c1cccc(CC(OCOC)C(OCOC)C(=O)O)c1)O[Si](C)(C)C(C)(C)C)COCOCCOC. The van der Waals surface area contributed by atoms with E-state index in [-0.39, 0.29) is 37.8 Å². The summed E-state index contributed by atoms with van der Waals surface area (Å²) >= 11 is 0. The Hall–Kier alpha value is -1.75. The van der Waals surface area contributed by atoms with Gasteiger partial charge in [0.2, 0.25) is 0 Å². The summed E-state index contributed by atoms with van der Waals surface area (Å²) in [5.41, 5.74) is 1.79. The Bertz CT molecular complexity index is 1170. The minimum Gasteiger partial charge on any atom is -0.479 e. The lowest BCUT2D eigenvalue weighted by Gasteiger charge is -2.42. The molecule has 1 aromatic carbocycles. The lowest BCUT2D eigenvalue weighted by molar-refractivity contribution is -0.184. The highest BCUT2D eigenvalue weighted by atomic mass is 28.4. The first kappa shape index (κ1) is 48.3. The first-order valence-corrected chi connectivity index (χ1v) is 21.1.